The molecule has 0 bridgehead atoms. The van der Waals surface area contributed by atoms with E-state index >= 15 is 0 Å². The minimum absolute atomic E-state index is 0.0919. The Balaban J connectivity index is 1.80. The van der Waals surface area contributed by atoms with Crippen molar-refractivity contribution in [2.45, 2.75) is 20.0 Å². The van der Waals surface area contributed by atoms with E-state index in [2.05, 4.69) is 9.97 Å². The van der Waals surface area contributed by atoms with E-state index in [0.717, 1.165) is 11.5 Å². The molecule has 0 spiro atoms. The van der Waals surface area contributed by atoms with Gasteiger partial charge in [0.2, 0.25) is 5.88 Å². The molecule has 2 aromatic heterocycles. The average molecular weight is 330 g/mol. The van der Waals surface area contributed by atoms with Crippen LogP contribution >= 0.6 is 0 Å². The lowest BCUT2D eigenvalue weighted by Gasteiger charge is -2.32. The van der Waals surface area contributed by atoms with Gasteiger partial charge in [0.1, 0.15) is 17.5 Å². The molecule has 7 heteroatoms. The van der Waals surface area contributed by atoms with Crippen molar-refractivity contribution in [3.8, 4) is 5.88 Å². The SMILES string of the molecule is CCOc1ncccc1C(=O)N1CCO[C@H](c2nc(C)cn2C)C1. The number of carbonyl (C=O) groups is 1. The summed E-state index contributed by atoms with van der Waals surface area (Å²) in [5.74, 6) is 1.12. The Morgan fingerprint density at radius 3 is 3.04 bits per heavy atom. The van der Waals surface area contributed by atoms with Gasteiger partial charge in [0, 0.05) is 26.0 Å². The van der Waals surface area contributed by atoms with E-state index in [1.165, 1.54) is 0 Å². The number of ether oxygens (including phenoxy) is 2. The molecule has 24 heavy (non-hydrogen) atoms. The monoisotopic (exact) mass is 330 g/mol. The summed E-state index contributed by atoms with van der Waals surface area (Å²) in [6, 6.07) is 3.49. The number of nitrogens with zero attached hydrogens (tertiary/aromatic N) is 4. The van der Waals surface area contributed by atoms with E-state index in [-0.39, 0.29) is 12.0 Å². The summed E-state index contributed by atoms with van der Waals surface area (Å²) in [7, 11) is 1.94. The molecule has 1 saturated heterocycles. The van der Waals surface area contributed by atoms with Gasteiger partial charge in [-0.15, -0.1) is 0 Å². The summed E-state index contributed by atoms with van der Waals surface area (Å²) in [6.07, 6.45) is 3.35. The van der Waals surface area contributed by atoms with Gasteiger partial charge >= 0.3 is 0 Å². The third kappa shape index (κ3) is 3.26. The fraction of sp³-hybridized carbons (Fsp3) is 0.471. The number of aryl methyl sites for hydroxylation is 2. The largest absolute Gasteiger partial charge is 0.477 e. The molecule has 3 rings (SSSR count). The van der Waals surface area contributed by atoms with Crippen LogP contribution in [0, 0.1) is 6.92 Å². The first-order valence-corrected chi connectivity index (χ1v) is 8.08. The van der Waals surface area contributed by atoms with E-state index in [4.69, 9.17) is 9.47 Å². The summed E-state index contributed by atoms with van der Waals surface area (Å²) < 4.78 is 13.3. The summed E-state index contributed by atoms with van der Waals surface area (Å²) >= 11 is 0. The highest BCUT2D eigenvalue weighted by atomic mass is 16.5. The van der Waals surface area contributed by atoms with E-state index in [1.807, 2.05) is 31.7 Å². The normalized spacial score (nSPS) is 17.8. The Hall–Kier alpha value is -2.41. The number of morpholine rings is 1. The number of hydrogen-bond donors (Lipinski definition) is 0. The molecule has 0 aromatic carbocycles. The van der Waals surface area contributed by atoms with Gasteiger partial charge in [-0.25, -0.2) is 9.97 Å². The standard InChI is InChI=1S/C17H22N4O3/c1-4-23-16-13(6-5-7-18-16)17(22)21-8-9-24-14(11-21)15-19-12(2)10-20(15)3/h5-7,10,14H,4,8-9,11H2,1-3H3/t14-/m0/s1. The molecule has 2 aromatic rings. The number of carbonyl (C=O) groups excluding carboxylic acids is 1. The second kappa shape index (κ2) is 7.00. The second-order valence-electron chi connectivity index (χ2n) is 5.75. The lowest BCUT2D eigenvalue weighted by molar-refractivity contribution is -0.0280. The highest BCUT2D eigenvalue weighted by Gasteiger charge is 2.30. The average Bonchev–Trinajstić information content (AvgIpc) is 2.93. The minimum atomic E-state index is -0.228. The van der Waals surface area contributed by atoms with Crippen molar-refractivity contribution in [1.29, 1.82) is 0 Å². The molecular weight excluding hydrogens is 308 g/mol. The van der Waals surface area contributed by atoms with E-state index < -0.39 is 0 Å². The molecular formula is C17H22N4O3. The summed E-state index contributed by atoms with van der Waals surface area (Å²) in [4.78, 5) is 23.3. The van der Waals surface area contributed by atoms with Crippen LogP contribution in [-0.2, 0) is 11.8 Å². The van der Waals surface area contributed by atoms with Gasteiger partial charge in [-0.2, -0.15) is 0 Å². The molecule has 0 aliphatic carbocycles. The fourth-order valence-electron chi connectivity index (χ4n) is 2.90. The Bertz CT molecular complexity index is 728. The van der Waals surface area contributed by atoms with Gasteiger partial charge < -0.3 is 18.9 Å². The van der Waals surface area contributed by atoms with Crippen molar-refractivity contribution in [1.82, 2.24) is 19.4 Å². The summed E-state index contributed by atoms with van der Waals surface area (Å²) in [6.45, 7) is 5.77. The maximum atomic E-state index is 12.9. The van der Waals surface area contributed by atoms with Crippen LogP contribution in [0.1, 0.15) is 34.9 Å². The smallest absolute Gasteiger partial charge is 0.259 e. The van der Waals surface area contributed by atoms with Crippen LogP contribution in [0.25, 0.3) is 0 Å². The van der Waals surface area contributed by atoms with Gasteiger partial charge in [0.15, 0.2) is 0 Å². The third-order valence-electron chi connectivity index (χ3n) is 3.96. The lowest BCUT2D eigenvalue weighted by atomic mass is 10.2. The number of pyridine rings is 1. The maximum Gasteiger partial charge on any atom is 0.259 e. The van der Waals surface area contributed by atoms with Crippen LogP contribution in [0.5, 0.6) is 5.88 Å². The van der Waals surface area contributed by atoms with Crippen LogP contribution in [0.2, 0.25) is 0 Å². The fourth-order valence-corrected chi connectivity index (χ4v) is 2.90. The van der Waals surface area contributed by atoms with Crippen molar-refractivity contribution in [2.75, 3.05) is 26.3 Å². The van der Waals surface area contributed by atoms with Crippen molar-refractivity contribution in [2.24, 2.45) is 7.05 Å². The van der Waals surface area contributed by atoms with Crippen molar-refractivity contribution < 1.29 is 14.3 Å². The zero-order valence-corrected chi connectivity index (χ0v) is 14.2. The molecule has 7 nitrogen and oxygen atoms in total. The Kier molecular flexibility index (Phi) is 4.80. The number of imidazole rings is 1. The summed E-state index contributed by atoms with van der Waals surface area (Å²) in [5.41, 5.74) is 1.42. The highest BCUT2D eigenvalue weighted by Crippen LogP contribution is 2.24. The van der Waals surface area contributed by atoms with Crippen LogP contribution in [-0.4, -0.2) is 51.6 Å². The zero-order valence-electron chi connectivity index (χ0n) is 14.2. The molecule has 3 heterocycles. The predicted octanol–water partition coefficient (Wildman–Crippen LogP) is 1.74. The highest BCUT2D eigenvalue weighted by molar-refractivity contribution is 5.96. The van der Waals surface area contributed by atoms with E-state index in [0.29, 0.717) is 37.7 Å². The quantitative estimate of drug-likeness (QED) is 0.854. The molecule has 1 amide bonds. The Morgan fingerprint density at radius 1 is 1.50 bits per heavy atom. The molecule has 0 saturated carbocycles. The third-order valence-corrected chi connectivity index (χ3v) is 3.96. The van der Waals surface area contributed by atoms with Crippen molar-refractivity contribution in [3.63, 3.8) is 0 Å². The lowest BCUT2D eigenvalue weighted by Crippen LogP contribution is -2.43. The maximum absolute atomic E-state index is 12.9. The Morgan fingerprint density at radius 2 is 2.33 bits per heavy atom. The van der Waals surface area contributed by atoms with Crippen LogP contribution < -0.4 is 4.74 Å². The van der Waals surface area contributed by atoms with Gasteiger partial charge in [-0.1, -0.05) is 0 Å². The molecule has 0 N–H and O–H groups in total. The number of aromatic nitrogens is 3. The molecule has 1 atom stereocenters. The molecule has 1 fully saturated rings. The van der Waals surface area contributed by atoms with Crippen LogP contribution in [0.4, 0.5) is 0 Å². The first-order valence-electron chi connectivity index (χ1n) is 8.08. The number of hydrogen-bond acceptors (Lipinski definition) is 5. The van der Waals surface area contributed by atoms with Crippen molar-refractivity contribution >= 4 is 5.91 Å². The van der Waals surface area contributed by atoms with Crippen LogP contribution in [0.3, 0.4) is 0 Å². The van der Waals surface area contributed by atoms with Gasteiger partial charge in [-0.05, 0) is 26.0 Å². The molecule has 0 unspecified atom stereocenters. The van der Waals surface area contributed by atoms with Gasteiger partial charge in [0.25, 0.3) is 5.91 Å². The molecule has 1 aliphatic heterocycles. The van der Waals surface area contributed by atoms with E-state index in [9.17, 15) is 4.79 Å². The molecule has 0 radical (unpaired) electrons. The topological polar surface area (TPSA) is 69.5 Å². The number of amides is 1. The molecule has 128 valence electrons. The predicted molar refractivity (Wildman–Crippen MR) is 87.9 cm³/mol. The first kappa shape index (κ1) is 16.4. The zero-order chi connectivity index (χ0) is 17.1. The van der Waals surface area contributed by atoms with Gasteiger partial charge in [-0.3, -0.25) is 4.79 Å². The Labute approximate surface area is 141 Å². The summed E-state index contributed by atoms with van der Waals surface area (Å²) in [5, 5.41) is 0. The second-order valence-corrected chi connectivity index (χ2v) is 5.75. The minimum Gasteiger partial charge on any atom is -0.477 e. The first-order chi connectivity index (χ1) is 11.6. The van der Waals surface area contributed by atoms with Gasteiger partial charge in [0.05, 0.1) is 25.5 Å². The van der Waals surface area contributed by atoms with Crippen molar-refractivity contribution in [3.05, 3.63) is 41.6 Å². The van der Waals surface area contributed by atoms with E-state index in [1.54, 1.807) is 23.2 Å². The molecule has 1 aliphatic rings. The number of rotatable bonds is 4. The van der Waals surface area contributed by atoms with Crippen LogP contribution in [0.15, 0.2) is 24.5 Å².